The third-order valence-corrected chi connectivity index (χ3v) is 3.41. The minimum absolute atomic E-state index is 0.259. The summed E-state index contributed by atoms with van der Waals surface area (Å²) in [6, 6.07) is 10.4. The van der Waals surface area contributed by atoms with Gasteiger partial charge in [0.15, 0.2) is 0 Å². The van der Waals surface area contributed by atoms with Gasteiger partial charge in [-0.3, -0.25) is 9.69 Å². The zero-order valence-electron chi connectivity index (χ0n) is 11.3. The maximum absolute atomic E-state index is 10.8. The van der Waals surface area contributed by atoms with Crippen LogP contribution in [0.2, 0.25) is 0 Å². The molecule has 19 heavy (non-hydrogen) atoms. The summed E-state index contributed by atoms with van der Waals surface area (Å²) in [5, 5.41) is 0. The molecule has 4 nitrogen and oxygen atoms in total. The van der Waals surface area contributed by atoms with E-state index < -0.39 is 0 Å². The summed E-state index contributed by atoms with van der Waals surface area (Å²) in [4.78, 5) is 12.9. The largest absolute Gasteiger partial charge is 0.377 e. The minimum Gasteiger partial charge on any atom is -0.377 e. The van der Waals surface area contributed by atoms with Gasteiger partial charge in [0.1, 0.15) is 0 Å². The summed E-state index contributed by atoms with van der Waals surface area (Å²) in [6.07, 6.45) is 3.35. The van der Waals surface area contributed by atoms with Crippen LogP contribution in [0, 0.1) is 0 Å². The summed E-state index contributed by atoms with van der Waals surface area (Å²) in [5.41, 5.74) is 6.54. The standard InChI is InChI=1S/C15H22N2O2/c16-15(18)12-17-9-8-14(11-17)19-10-4-7-13-5-2-1-3-6-13/h1-3,5-6,14H,4,7-12H2,(H2,16,18)/t14-/m0/s1. The number of nitrogens with zero attached hydrogens (tertiary/aromatic N) is 1. The van der Waals surface area contributed by atoms with Gasteiger partial charge in [0.2, 0.25) is 5.91 Å². The molecular formula is C15H22N2O2. The lowest BCUT2D eigenvalue weighted by molar-refractivity contribution is -0.119. The first-order valence-corrected chi connectivity index (χ1v) is 6.90. The van der Waals surface area contributed by atoms with E-state index in [1.807, 2.05) is 6.07 Å². The molecule has 2 rings (SSSR count). The highest BCUT2D eigenvalue weighted by molar-refractivity contribution is 5.75. The predicted molar refractivity (Wildman–Crippen MR) is 74.8 cm³/mol. The van der Waals surface area contributed by atoms with E-state index in [0.717, 1.165) is 39.0 Å². The number of likely N-dealkylation sites (tertiary alicyclic amines) is 1. The summed E-state index contributed by atoms with van der Waals surface area (Å²) < 4.78 is 5.84. The molecule has 2 N–H and O–H groups in total. The van der Waals surface area contributed by atoms with Gasteiger partial charge in [0.25, 0.3) is 0 Å². The van der Waals surface area contributed by atoms with E-state index in [-0.39, 0.29) is 12.0 Å². The minimum atomic E-state index is -0.260. The number of nitrogens with two attached hydrogens (primary N) is 1. The Bertz CT molecular complexity index is 394. The fourth-order valence-electron chi connectivity index (χ4n) is 2.47. The number of hydrogen-bond acceptors (Lipinski definition) is 3. The maximum atomic E-state index is 10.8. The highest BCUT2D eigenvalue weighted by Gasteiger charge is 2.23. The molecule has 1 aliphatic heterocycles. The van der Waals surface area contributed by atoms with Gasteiger partial charge >= 0.3 is 0 Å². The van der Waals surface area contributed by atoms with Crippen LogP contribution < -0.4 is 5.73 Å². The SMILES string of the molecule is NC(=O)CN1CC[C@H](OCCCc2ccccc2)C1. The first-order valence-electron chi connectivity index (χ1n) is 6.90. The molecule has 104 valence electrons. The van der Waals surface area contributed by atoms with Gasteiger partial charge < -0.3 is 10.5 Å². The molecule has 1 heterocycles. The van der Waals surface area contributed by atoms with Crippen molar-refractivity contribution in [3.8, 4) is 0 Å². The van der Waals surface area contributed by atoms with E-state index in [1.54, 1.807) is 0 Å². The number of carbonyl (C=O) groups excluding carboxylic acids is 1. The molecule has 1 aromatic rings. The highest BCUT2D eigenvalue weighted by Crippen LogP contribution is 2.12. The molecular weight excluding hydrogens is 240 g/mol. The van der Waals surface area contributed by atoms with Crippen LogP contribution in [0.5, 0.6) is 0 Å². The molecule has 0 spiro atoms. The molecule has 1 aromatic carbocycles. The van der Waals surface area contributed by atoms with E-state index in [2.05, 4.69) is 29.2 Å². The van der Waals surface area contributed by atoms with Gasteiger partial charge in [-0.05, 0) is 24.8 Å². The lowest BCUT2D eigenvalue weighted by Crippen LogP contribution is -2.33. The van der Waals surface area contributed by atoms with Crippen molar-refractivity contribution < 1.29 is 9.53 Å². The second-order valence-corrected chi connectivity index (χ2v) is 5.07. The zero-order chi connectivity index (χ0) is 13.5. The Morgan fingerprint density at radius 2 is 2.16 bits per heavy atom. The van der Waals surface area contributed by atoms with Gasteiger partial charge in [-0.25, -0.2) is 0 Å². The normalized spacial score (nSPS) is 19.7. The predicted octanol–water partition coefficient (Wildman–Crippen LogP) is 1.20. The number of benzene rings is 1. The van der Waals surface area contributed by atoms with E-state index in [4.69, 9.17) is 10.5 Å². The summed E-state index contributed by atoms with van der Waals surface area (Å²) in [7, 11) is 0. The van der Waals surface area contributed by atoms with Crippen molar-refractivity contribution >= 4 is 5.91 Å². The van der Waals surface area contributed by atoms with Crippen molar-refractivity contribution in [3.63, 3.8) is 0 Å². The van der Waals surface area contributed by atoms with Crippen LogP contribution in [-0.2, 0) is 16.0 Å². The molecule has 0 saturated carbocycles. The van der Waals surface area contributed by atoms with Crippen LogP contribution >= 0.6 is 0 Å². The van der Waals surface area contributed by atoms with Crippen LogP contribution in [0.4, 0.5) is 0 Å². The number of hydrogen-bond donors (Lipinski definition) is 1. The average Bonchev–Trinajstić information content (AvgIpc) is 2.83. The Morgan fingerprint density at radius 1 is 1.37 bits per heavy atom. The molecule has 1 amide bonds. The fraction of sp³-hybridized carbons (Fsp3) is 0.533. The number of aryl methyl sites for hydroxylation is 1. The van der Waals surface area contributed by atoms with Crippen molar-refractivity contribution in [2.75, 3.05) is 26.2 Å². The number of carbonyl (C=O) groups is 1. The molecule has 1 aliphatic rings. The Balaban J connectivity index is 1.58. The van der Waals surface area contributed by atoms with Gasteiger partial charge in [0, 0.05) is 19.7 Å². The number of primary amides is 1. The van der Waals surface area contributed by atoms with Gasteiger partial charge in [-0.1, -0.05) is 30.3 Å². The number of rotatable bonds is 7. The monoisotopic (exact) mass is 262 g/mol. The van der Waals surface area contributed by atoms with E-state index >= 15 is 0 Å². The van der Waals surface area contributed by atoms with Crippen LogP contribution in [0.25, 0.3) is 0 Å². The number of amides is 1. The molecule has 0 bridgehead atoms. The third kappa shape index (κ3) is 5.01. The number of ether oxygens (including phenoxy) is 1. The van der Waals surface area contributed by atoms with Crippen molar-refractivity contribution in [2.24, 2.45) is 5.73 Å². The molecule has 0 radical (unpaired) electrons. The lowest BCUT2D eigenvalue weighted by atomic mass is 10.1. The van der Waals surface area contributed by atoms with Crippen LogP contribution in [0.15, 0.2) is 30.3 Å². The van der Waals surface area contributed by atoms with Gasteiger partial charge in [-0.15, -0.1) is 0 Å². The van der Waals surface area contributed by atoms with Crippen molar-refractivity contribution in [1.29, 1.82) is 0 Å². The Kier molecular flexibility index (Phi) is 5.36. The molecule has 0 aromatic heterocycles. The average molecular weight is 262 g/mol. The maximum Gasteiger partial charge on any atom is 0.231 e. The summed E-state index contributed by atoms with van der Waals surface area (Å²) in [6.45, 7) is 2.87. The molecule has 4 heteroatoms. The molecule has 1 saturated heterocycles. The second kappa shape index (κ2) is 7.26. The molecule has 1 atom stereocenters. The summed E-state index contributed by atoms with van der Waals surface area (Å²) in [5.74, 6) is -0.260. The third-order valence-electron chi connectivity index (χ3n) is 3.41. The highest BCUT2D eigenvalue weighted by atomic mass is 16.5. The Hall–Kier alpha value is -1.39. The topological polar surface area (TPSA) is 55.6 Å². The van der Waals surface area contributed by atoms with Crippen molar-refractivity contribution in [3.05, 3.63) is 35.9 Å². The van der Waals surface area contributed by atoms with E-state index in [0.29, 0.717) is 6.54 Å². The fourth-order valence-corrected chi connectivity index (χ4v) is 2.47. The van der Waals surface area contributed by atoms with Gasteiger partial charge in [-0.2, -0.15) is 0 Å². The van der Waals surface area contributed by atoms with E-state index in [1.165, 1.54) is 5.56 Å². The molecule has 1 fully saturated rings. The van der Waals surface area contributed by atoms with Crippen molar-refractivity contribution in [1.82, 2.24) is 4.90 Å². The van der Waals surface area contributed by atoms with Crippen LogP contribution in [0.3, 0.4) is 0 Å². The van der Waals surface area contributed by atoms with E-state index in [9.17, 15) is 4.79 Å². The quantitative estimate of drug-likeness (QED) is 0.751. The second-order valence-electron chi connectivity index (χ2n) is 5.07. The first kappa shape index (κ1) is 14.0. The molecule has 0 unspecified atom stereocenters. The summed E-state index contributed by atoms with van der Waals surface area (Å²) >= 11 is 0. The van der Waals surface area contributed by atoms with Crippen LogP contribution in [0.1, 0.15) is 18.4 Å². The Labute approximate surface area is 114 Å². The Morgan fingerprint density at radius 3 is 2.89 bits per heavy atom. The zero-order valence-corrected chi connectivity index (χ0v) is 11.3. The van der Waals surface area contributed by atoms with Crippen LogP contribution in [-0.4, -0.2) is 43.2 Å². The molecule has 0 aliphatic carbocycles. The van der Waals surface area contributed by atoms with Crippen molar-refractivity contribution in [2.45, 2.75) is 25.4 Å². The van der Waals surface area contributed by atoms with Gasteiger partial charge in [0.05, 0.1) is 12.6 Å². The lowest BCUT2D eigenvalue weighted by Gasteiger charge is -2.14. The first-order chi connectivity index (χ1) is 9.24. The smallest absolute Gasteiger partial charge is 0.231 e.